The van der Waals surface area contributed by atoms with Gasteiger partial charge in [-0.3, -0.25) is 9.59 Å². The van der Waals surface area contributed by atoms with Crippen molar-refractivity contribution < 1.29 is 19.1 Å². The molecule has 0 bridgehead atoms. The number of anilines is 1. The van der Waals surface area contributed by atoms with Crippen molar-refractivity contribution in [3.8, 4) is 11.5 Å². The highest BCUT2D eigenvalue weighted by molar-refractivity contribution is 14.1. The molecule has 2 amide bonds. The van der Waals surface area contributed by atoms with Crippen molar-refractivity contribution in [2.24, 2.45) is 5.10 Å². The summed E-state index contributed by atoms with van der Waals surface area (Å²) in [4.78, 5) is 24.3. The highest BCUT2D eigenvalue weighted by Gasteiger charge is 2.13. The van der Waals surface area contributed by atoms with Crippen molar-refractivity contribution in [2.75, 3.05) is 19.0 Å². The van der Waals surface area contributed by atoms with E-state index in [1.54, 1.807) is 30.3 Å². The van der Waals surface area contributed by atoms with Crippen molar-refractivity contribution in [1.82, 2.24) is 5.43 Å². The van der Waals surface area contributed by atoms with E-state index in [1.165, 1.54) is 13.3 Å². The highest BCUT2D eigenvalue weighted by Crippen LogP contribution is 2.33. The predicted octanol–water partition coefficient (Wildman–Crippen LogP) is 4.39. The maximum absolute atomic E-state index is 12.3. The number of hydrazone groups is 1. The Labute approximate surface area is 200 Å². The molecule has 0 unspecified atom stereocenters. The fraction of sp³-hybridized carbons (Fsp3) is 0.125. The Bertz CT molecular complexity index is 1130. The summed E-state index contributed by atoms with van der Waals surface area (Å²) in [5, 5.41) is 6.81. The molecular formula is C24H22IN3O4. The molecule has 0 saturated carbocycles. The number of carbonyl (C=O) groups is 2. The lowest BCUT2D eigenvalue weighted by Crippen LogP contribution is -2.20. The summed E-state index contributed by atoms with van der Waals surface area (Å²) >= 11 is 2.10. The van der Waals surface area contributed by atoms with Crippen molar-refractivity contribution in [1.29, 1.82) is 0 Å². The van der Waals surface area contributed by atoms with Crippen LogP contribution in [0.4, 0.5) is 5.69 Å². The Hall–Kier alpha value is -3.40. The molecule has 0 atom stereocenters. The smallest absolute Gasteiger partial charge is 0.271 e. The van der Waals surface area contributed by atoms with Gasteiger partial charge in [0, 0.05) is 11.3 Å². The topological polar surface area (TPSA) is 89.0 Å². The number of methoxy groups -OCH3 is 1. The van der Waals surface area contributed by atoms with E-state index in [9.17, 15) is 9.59 Å². The fourth-order valence-corrected chi connectivity index (χ4v) is 3.61. The Morgan fingerprint density at radius 3 is 2.56 bits per heavy atom. The zero-order valence-corrected chi connectivity index (χ0v) is 19.8. The van der Waals surface area contributed by atoms with E-state index in [-0.39, 0.29) is 18.4 Å². The van der Waals surface area contributed by atoms with Crippen molar-refractivity contribution >= 4 is 46.3 Å². The van der Waals surface area contributed by atoms with Gasteiger partial charge in [0.15, 0.2) is 18.1 Å². The van der Waals surface area contributed by atoms with Crippen LogP contribution in [0.3, 0.4) is 0 Å². The van der Waals surface area contributed by atoms with E-state index < -0.39 is 0 Å². The van der Waals surface area contributed by atoms with Gasteiger partial charge in [-0.15, -0.1) is 0 Å². The molecule has 0 fully saturated rings. The minimum atomic E-state index is -0.303. The summed E-state index contributed by atoms with van der Waals surface area (Å²) in [7, 11) is 1.52. The molecule has 7 nitrogen and oxygen atoms in total. The molecule has 0 aliphatic carbocycles. The Balaban J connectivity index is 1.63. The predicted molar refractivity (Wildman–Crippen MR) is 133 cm³/mol. The minimum Gasteiger partial charge on any atom is -0.493 e. The Morgan fingerprint density at radius 2 is 1.84 bits per heavy atom. The molecule has 2 N–H and O–H groups in total. The molecule has 3 rings (SSSR count). The van der Waals surface area contributed by atoms with Gasteiger partial charge in [0.2, 0.25) is 0 Å². The first kappa shape index (κ1) is 23.3. The molecule has 0 spiro atoms. The summed E-state index contributed by atoms with van der Waals surface area (Å²) < 4.78 is 11.9. The number of halogens is 1. The zero-order valence-electron chi connectivity index (χ0n) is 17.6. The third-order valence-corrected chi connectivity index (χ3v) is 5.12. The van der Waals surface area contributed by atoms with Crippen molar-refractivity contribution in [3.63, 3.8) is 0 Å². The quantitative estimate of drug-likeness (QED) is 0.251. The van der Waals surface area contributed by atoms with Gasteiger partial charge in [-0.05, 0) is 77.0 Å². The molecule has 32 heavy (non-hydrogen) atoms. The summed E-state index contributed by atoms with van der Waals surface area (Å²) in [6.45, 7) is 1.79. The van der Waals surface area contributed by atoms with E-state index in [1.807, 2.05) is 43.3 Å². The molecule has 8 heteroatoms. The number of benzene rings is 3. The van der Waals surface area contributed by atoms with Gasteiger partial charge in [-0.1, -0.05) is 30.3 Å². The number of amides is 2. The lowest BCUT2D eigenvalue weighted by molar-refractivity contribution is -0.118. The molecule has 0 radical (unpaired) electrons. The number of hydrogen-bond donors (Lipinski definition) is 2. The van der Waals surface area contributed by atoms with Gasteiger partial charge in [0.25, 0.3) is 11.8 Å². The molecule has 0 aliphatic heterocycles. The highest BCUT2D eigenvalue weighted by atomic mass is 127. The molecule has 3 aromatic carbocycles. The first-order valence-electron chi connectivity index (χ1n) is 9.71. The van der Waals surface area contributed by atoms with Crippen molar-refractivity contribution in [3.05, 3.63) is 87.0 Å². The van der Waals surface area contributed by atoms with Gasteiger partial charge >= 0.3 is 0 Å². The fourth-order valence-electron chi connectivity index (χ4n) is 2.83. The normalized spacial score (nSPS) is 10.6. The van der Waals surface area contributed by atoms with Crippen LogP contribution in [0.5, 0.6) is 11.5 Å². The lowest BCUT2D eigenvalue weighted by atomic mass is 10.2. The monoisotopic (exact) mass is 543 g/mol. The van der Waals surface area contributed by atoms with E-state index in [4.69, 9.17) is 9.47 Å². The second-order valence-electron chi connectivity index (χ2n) is 6.81. The number of nitrogens with zero attached hydrogens (tertiary/aromatic N) is 1. The van der Waals surface area contributed by atoms with Crippen LogP contribution in [-0.2, 0) is 4.79 Å². The maximum Gasteiger partial charge on any atom is 0.271 e. The van der Waals surface area contributed by atoms with Gasteiger partial charge in [-0.2, -0.15) is 5.10 Å². The van der Waals surface area contributed by atoms with Crippen LogP contribution in [0.2, 0.25) is 0 Å². The average molecular weight is 543 g/mol. The molecule has 164 valence electrons. The second kappa shape index (κ2) is 11.3. The number of carbonyl (C=O) groups excluding carboxylic acids is 2. The standard InChI is InChI=1S/C24H22IN3O4/c1-16-7-6-10-19(11-16)27-22(29)15-32-23-20(25)12-17(13-21(23)31-2)14-26-28-24(30)18-8-4-3-5-9-18/h3-14H,15H2,1-2H3,(H,27,29)(H,28,30)/b26-14+. The zero-order chi connectivity index (χ0) is 22.9. The van der Waals surface area contributed by atoms with Gasteiger partial charge in [-0.25, -0.2) is 5.43 Å². The average Bonchev–Trinajstić information content (AvgIpc) is 2.78. The van der Waals surface area contributed by atoms with E-state index >= 15 is 0 Å². The minimum absolute atomic E-state index is 0.166. The number of rotatable bonds is 8. The second-order valence-corrected chi connectivity index (χ2v) is 7.97. The van der Waals surface area contributed by atoms with Crippen LogP contribution >= 0.6 is 22.6 Å². The Morgan fingerprint density at radius 1 is 1.06 bits per heavy atom. The summed E-state index contributed by atoms with van der Waals surface area (Å²) in [5.74, 6) is 0.333. The van der Waals surface area contributed by atoms with Crippen LogP contribution in [0, 0.1) is 10.5 Å². The number of aryl methyl sites for hydroxylation is 1. The summed E-state index contributed by atoms with van der Waals surface area (Å²) in [5.41, 5.74) is 5.48. The van der Waals surface area contributed by atoms with Crippen molar-refractivity contribution in [2.45, 2.75) is 6.92 Å². The van der Waals surface area contributed by atoms with E-state index in [0.29, 0.717) is 28.3 Å². The van der Waals surface area contributed by atoms with Crippen LogP contribution in [0.1, 0.15) is 21.5 Å². The Kier molecular flexibility index (Phi) is 8.20. The molecule has 0 aliphatic rings. The SMILES string of the molecule is COc1cc(/C=N/NC(=O)c2ccccc2)cc(I)c1OCC(=O)Nc1cccc(C)c1. The summed E-state index contributed by atoms with van der Waals surface area (Å²) in [6, 6.07) is 19.9. The summed E-state index contributed by atoms with van der Waals surface area (Å²) in [6.07, 6.45) is 1.51. The van der Waals surface area contributed by atoms with Gasteiger partial charge in [0.1, 0.15) is 0 Å². The van der Waals surface area contributed by atoms with E-state index in [2.05, 4.69) is 38.4 Å². The van der Waals surface area contributed by atoms with Crippen LogP contribution in [0.15, 0.2) is 71.8 Å². The first-order valence-corrected chi connectivity index (χ1v) is 10.8. The van der Waals surface area contributed by atoms with Gasteiger partial charge in [0.05, 0.1) is 16.9 Å². The van der Waals surface area contributed by atoms with Crippen LogP contribution < -0.4 is 20.2 Å². The number of hydrogen-bond acceptors (Lipinski definition) is 5. The number of nitrogens with one attached hydrogen (secondary N) is 2. The molecule has 0 aromatic heterocycles. The molecule has 0 saturated heterocycles. The van der Waals surface area contributed by atoms with E-state index in [0.717, 1.165) is 9.13 Å². The van der Waals surface area contributed by atoms with Crippen LogP contribution in [0.25, 0.3) is 0 Å². The molecule has 3 aromatic rings. The largest absolute Gasteiger partial charge is 0.493 e. The molecular weight excluding hydrogens is 521 g/mol. The third kappa shape index (κ3) is 6.55. The maximum atomic E-state index is 12.3. The van der Waals surface area contributed by atoms with Crippen LogP contribution in [-0.4, -0.2) is 31.7 Å². The van der Waals surface area contributed by atoms with Gasteiger partial charge < -0.3 is 14.8 Å². The number of ether oxygens (including phenoxy) is 2. The molecule has 0 heterocycles. The lowest BCUT2D eigenvalue weighted by Gasteiger charge is -2.13. The first-order chi connectivity index (χ1) is 15.5. The third-order valence-electron chi connectivity index (χ3n) is 4.32.